The summed E-state index contributed by atoms with van der Waals surface area (Å²) in [7, 11) is 1.32. The van der Waals surface area contributed by atoms with Crippen LogP contribution in [-0.4, -0.2) is 98.4 Å². The van der Waals surface area contributed by atoms with Gasteiger partial charge in [0.25, 0.3) is 0 Å². The third-order valence-electron chi connectivity index (χ3n) is 17.6. The van der Waals surface area contributed by atoms with Crippen molar-refractivity contribution in [2.45, 2.75) is 142 Å². The number of carbonyl (C=O) groups is 5. The fourth-order valence-corrected chi connectivity index (χ4v) is 14.2. The van der Waals surface area contributed by atoms with Crippen molar-refractivity contribution >= 4 is 29.0 Å². The Labute approximate surface area is 374 Å². The number of hydrogen-bond acceptors (Lipinski definition) is 13. The van der Waals surface area contributed by atoms with Crippen LogP contribution in [0.2, 0.25) is 0 Å². The third kappa shape index (κ3) is 6.78. The number of methoxy groups -OCH3 is 1. The average Bonchev–Trinajstić information content (AvgIpc) is 3.61. The highest BCUT2D eigenvalue weighted by molar-refractivity contribution is 6.31. The van der Waals surface area contributed by atoms with Crippen molar-refractivity contribution in [3.05, 3.63) is 51.6 Å². The second-order valence-electron chi connectivity index (χ2n) is 20.7. The van der Waals surface area contributed by atoms with Crippen LogP contribution in [0.4, 0.5) is 0 Å². The van der Waals surface area contributed by atoms with Crippen LogP contribution >= 0.6 is 0 Å². The molecule has 8 rings (SSSR count). The smallest absolute Gasteiger partial charge is 0.220 e. The second-order valence-corrected chi connectivity index (χ2v) is 20.7. The largest absolute Gasteiger partial charge is 0.507 e. The summed E-state index contributed by atoms with van der Waals surface area (Å²) in [6.07, 6.45) is -2.21. The number of phenolic OH excluding ortho intramolecular Hbond substituents is 2. The molecule has 15 atom stereocenters. The van der Waals surface area contributed by atoms with Crippen LogP contribution in [0.5, 0.6) is 17.2 Å². The molecule has 2 aromatic carbocycles. The number of benzene rings is 2. The highest BCUT2D eigenvalue weighted by Crippen LogP contribution is 2.82. The van der Waals surface area contributed by atoms with Gasteiger partial charge in [0, 0.05) is 54.7 Å². The van der Waals surface area contributed by atoms with Gasteiger partial charge in [-0.1, -0.05) is 53.7 Å². The molecule has 0 bridgehead atoms. The summed E-state index contributed by atoms with van der Waals surface area (Å²) < 4.78 is 17.7. The van der Waals surface area contributed by atoms with E-state index in [9.17, 15) is 49.5 Å². The number of nitrogens with one attached hydrogen (secondary N) is 1. The van der Waals surface area contributed by atoms with E-state index < -0.39 is 95.7 Å². The van der Waals surface area contributed by atoms with Crippen LogP contribution in [0, 0.1) is 52.3 Å². The zero-order valence-electron chi connectivity index (χ0n) is 38.2. The lowest BCUT2D eigenvalue weighted by molar-refractivity contribution is -0.249. The van der Waals surface area contributed by atoms with Crippen LogP contribution in [0.25, 0.3) is 0 Å². The van der Waals surface area contributed by atoms with Gasteiger partial charge in [-0.05, 0) is 85.0 Å². The highest BCUT2D eigenvalue weighted by Gasteiger charge is 2.78. The number of ketones is 4. The van der Waals surface area contributed by atoms with Crippen LogP contribution in [0.1, 0.15) is 149 Å². The van der Waals surface area contributed by atoms with Gasteiger partial charge in [-0.25, -0.2) is 0 Å². The Morgan fingerprint density at radius 3 is 2.25 bits per heavy atom. The predicted octanol–water partition coefficient (Wildman–Crippen LogP) is 5.51. The number of carbonyl (C=O) groups excluding carboxylic acids is 5. The molecule has 0 aromatic heterocycles. The Bertz CT molecular complexity index is 2270. The quantitative estimate of drug-likeness (QED) is 0.0921. The fraction of sp³-hybridized carbons (Fsp3) is 0.660. The van der Waals surface area contributed by atoms with Crippen molar-refractivity contribution in [2.24, 2.45) is 52.3 Å². The summed E-state index contributed by atoms with van der Waals surface area (Å²) in [4.78, 5) is 68.3. The Morgan fingerprint density at radius 2 is 1.56 bits per heavy atom. The first kappa shape index (κ1) is 46.3. The van der Waals surface area contributed by atoms with Gasteiger partial charge in [0.05, 0.1) is 42.0 Å². The average molecular weight is 888 g/mol. The monoisotopic (exact) mass is 887 g/mol. The Hall–Kier alpha value is -4.21. The Kier molecular flexibility index (Phi) is 12.0. The second kappa shape index (κ2) is 16.6. The lowest BCUT2D eigenvalue weighted by Crippen LogP contribution is -2.65. The van der Waals surface area contributed by atoms with Crippen LogP contribution < -0.4 is 10.1 Å². The van der Waals surface area contributed by atoms with Gasteiger partial charge in [-0.3, -0.25) is 24.0 Å². The van der Waals surface area contributed by atoms with E-state index >= 15 is 0 Å². The summed E-state index contributed by atoms with van der Waals surface area (Å²) in [5.74, 6) is -0.433. The zero-order chi connectivity index (χ0) is 46.5. The molecule has 0 spiro atoms. The molecule has 14 heteroatoms. The van der Waals surface area contributed by atoms with Crippen LogP contribution in [0.15, 0.2) is 18.2 Å². The minimum atomic E-state index is -2.33. The number of aromatic hydroxyl groups is 2. The molecule has 1 heterocycles. The third-order valence-corrected chi connectivity index (χ3v) is 17.6. The molecule has 6 aliphatic rings. The maximum atomic E-state index is 14.0. The number of aliphatic hydroxyl groups excluding tert-OH is 2. The number of fused-ring (bicyclic) bond motifs is 7. The molecule has 348 valence electrons. The molecule has 0 radical (unpaired) electrons. The molecule has 13 unspecified atom stereocenters. The molecule has 4 fully saturated rings. The first-order valence-corrected chi connectivity index (χ1v) is 23.2. The Balaban J connectivity index is 0.951. The molecule has 1 saturated heterocycles. The summed E-state index contributed by atoms with van der Waals surface area (Å²) in [6, 6.07) is 3.49. The van der Waals surface area contributed by atoms with E-state index in [0.29, 0.717) is 54.8 Å². The normalized spacial score (nSPS) is 37.6. The predicted molar refractivity (Wildman–Crippen MR) is 232 cm³/mol. The van der Waals surface area contributed by atoms with Gasteiger partial charge in [0.15, 0.2) is 17.9 Å². The summed E-state index contributed by atoms with van der Waals surface area (Å²) in [6.45, 7) is 14.6. The van der Waals surface area contributed by atoms with Crippen molar-refractivity contribution < 1.29 is 63.7 Å². The van der Waals surface area contributed by atoms with E-state index in [-0.39, 0.29) is 69.3 Å². The maximum Gasteiger partial charge on any atom is 0.220 e. The van der Waals surface area contributed by atoms with E-state index in [1.807, 2.05) is 0 Å². The number of amides is 1. The first-order chi connectivity index (χ1) is 30.2. The van der Waals surface area contributed by atoms with E-state index in [4.69, 9.17) is 14.2 Å². The number of phenols is 2. The van der Waals surface area contributed by atoms with Crippen molar-refractivity contribution in [1.29, 1.82) is 0 Å². The van der Waals surface area contributed by atoms with E-state index in [1.54, 1.807) is 6.92 Å². The minimum Gasteiger partial charge on any atom is -0.507 e. The summed E-state index contributed by atoms with van der Waals surface area (Å²) >= 11 is 0. The van der Waals surface area contributed by atoms with Crippen molar-refractivity contribution in [3.63, 3.8) is 0 Å². The van der Waals surface area contributed by atoms with Crippen LogP contribution in [0.3, 0.4) is 0 Å². The lowest BCUT2D eigenvalue weighted by atomic mass is 9.35. The summed E-state index contributed by atoms with van der Waals surface area (Å²) in [5, 5.41) is 59.1. The van der Waals surface area contributed by atoms with Gasteiger partial charge in [-0.15, -0.1) is 0 Å². The number of aliphatic hydroxyl groups is 3. The number of hydrogen-bond donors (Lipinski definition) is 6. The minimum absolute atomic E-state index is 0.0145. The molecule has 14 nitrogen and oxygen atoms in total. The number of unbranched alkanes of at least 4 members (excludes halogenated alkanes) is 1. The van der Waals surface area contributed by atoms with Crippen molar-refractivity contribution in [3.8, 4) is 17.2 Å². The van der Waals surface area contributed by atoms with E-state index in [2.05, 4.69) is 46.9 Å². The maximum absolute atomic E-state index is 14.0. The van der Waals surface area contributed by atoms with Gasteiger partial charge in [0.2, 0.25) is 11.7 Å². The lowest BCUT2D eigenvalue weighted by Gasteiger charge is -2.68. The van der Waals surface area contributed by atoms with Crippen molar-refractivity contribution in [1.82, 2.24) is 5.32 Å². The van der Waals surface area contributed by atoms with E-state index in [0.717, 1.165) is 12.8 Å². The molecular weight excluding hydrogens is 823 g/mol. The van der Waals surface area contributed by atoms with E-state index in [1.165, 1.54) is 25.3 Å². The standard InChI is InChI=1S/C50H65NO13/c1-22-17-48(7)41(24(22)3)42-25(4)23(2)18-50(42,48)26(5)31(53)13-9-10-15-35(55)51-30-16-36(63-27(6)43(30)56)64-33-20-49(61,34(54)21-52)19-29-38(33)47(60)40-39(45(29)58)44(57)28-12-11-14-32(62-8)37(28)46(40)59/h11-12,14,22-27,30,33,36,41-43,52,56,58,60-61H,9-10,13,15-21H2,1-8H3,(H,51,55)/t22-,23+,24?,25?,26?,27?,30?,33?,36?,41?,42?,43?,48?,49?,50?/m1/s1. The molecule has 64 heavy (non-hydrogen) atoms. The number of ether oxygens (including phenoxy) is 3. The van der Waals surface area contributed by atoms with Gasteiger partial charge in [0.1, 0.15) is 41.3 Å². The number of Topliss-reactive ketones (excluding diaryl/α,β-unsaturated/α-hetero) is 2. The fourth-order valence-electron chi connectivity index (χ4n) is 14.2. The van der Waals surface area contributed by atoms with Gasteiger partial charge >= 0.3 is 0 Å². The van der Waals surface area contributed by atoms with Crippen molar-refractivity contribution in [2.75, 3.05) is 13.7 Å². The van der Waals surface area contributed by atoms with Crippen LogP contribution in [-0.2, 0) is 30.3 Å². The topological polar surface area (TPSA) is 226 Å². The molecule has 1 amide bonds. The molecule has 5 aliphatic carbocycles. The molecule has 3 saturated carbocycles. The summed E-state index contributed by atoms with van der Waals surface area (Å²) in [5.41, 5.74) is -3.76. The number of rotatable bonds is 13. The Morgan fingerprint density at radius 1 is 0.906 bits per heavy atom. The molecule has 1 aliphatic heterocycles. The zero-order valence-corrected chi connectivity index (χ0v) is 38.2. The highest BCUT2D eigenvalue weighted by atomic mass is 16.7. The SMILES string of the molecule is COc1cccc2c1C(=O)c1c(O)c3c(c(O)c1C2=O)CC(O)(C(=O)CO)CC3OC1CC(NC(=O)CCCCC(=O)C(C)C23C[C@H](C)C(C)C2C2C(C)[C@H](C)CC23C)C(O)C(C)O1. The van der Waals surface area contributed by atoms with Gasteiger partial charge in [-0.2, -0.15) is 0 Å². The molecular formula is C50H65NO13. The van der Waals surface area contributed by atoms with Gasteiger partial charge < -0.3 is 45.1 Å². The first-order valence-electron chi connectivity index (χ1n) is 23.2. The molecule has 6 N–H and O–H groups in total. The molecule has 2 aromatic rings.